The van der Waals surface area contributed by atoms with E-state index in [2.05, 4.69) is 15.4 Å². The van der Waals surface area contributed by atoms with Crippen molar-refractivity contribution in [3.05, 3.63) is 24.3 Å². The normalized spacial score (nSPS) is 18.4. The Morgan fingerprint density at radius 3 is 2.33 bits per heavy atom. The number of anilines is 2. The second-order valence-corrected chi connectivity index (χ2v) is 6.69. The minimum atomic E-state index is -3.28. The first-order valence-corrected chi connectivity index (χ1v) is 8.45. The summed E-state index contributed by atoms with van der Waals surface area (Å²) in [7, 11) is -3.28. The molecule has 0 bridgehead atoms. The van der Waals surface area contributed by atoms with Crippen LogP contribution in [0, 0.1) is 0 Å². The average Bonchev–Trinajstić information content (AvgIpc) is 2.40. The van der Waals surface area contributed by atoms with E-state index in [0.29, 0.717) is 11.4 Å². The van der Waals surface area contributed by atoms with Gasteiger partial charge in [0.2, 0.25) is 15.9 Å². The van der Waals surface area contributed by atoms with Gasteiger partial charge >= 0.3 is 0 Å². The van der Waals surface area contributed by atoms with E-state index in [0.717, 1.165) is 32.1 Å². The maximum atomic E-state index is 12.0. The van der Waals surface area contributed by atoms with Crippen LogP contribution < -0.4 is 15.4 Å². The number of amides is 1. The third-order valence-electron chi connectivity index (χ3n) is 3.08. The van der Waals surface area contributed by atoms with Gasteiger partial charge in [-0.2, -0.15) is 0 Å². The van der Waals surface area contributed by atoms with Crippen LogP contribution in [0.25, 0.3) is 0 Å². The van der Waals surface area contributed by atoms with E-state index >= 15 is 0 Å². The average molecular weight is 334 g/mol. The SMILES string of the molecule is CS(=O)(=O)Nc1ccc(NC(=O)C2CCCCN2)cc1.Cl. The van der Waals surface area contributed by atoms with Gasteiger partial charge in [-0.15, -0.1) is 12.4 Å². The molecule has 2 rings (SSSR count). The minimum Gasteiger partial charge on any atom is -0.325 e. The van der Waals surface area contributed by atoms with Gasteiger partial charge < -0.3 is 10.6 Å². The highest BCUT2D eigenvalue weighted by molar-refractivity contribution is 7.92. The van der Waals surface area contributed by atoms with Crippen molar-refractivity contribution in [1.29, 1.82) is 0 Å². The first-order valence-electron chi connectivity index (χ1n) is 6.56. The summed E-state index contributed by atoms with van der Waals surface area (Å²) in [5, 5.41) is 6.00. The molecule has 1 aliphatic heterocycles. The summed E-state index contributed by atoms with van der Waals surface area (Å²) in [6.45, 7) is 0.870. The fourth-order valence-corrected chi connectivity index (χ4v) is 2.70. The van der Waals surface area contributed by atoms with E-state index in [4.69, 9.17) is 0 Å². The van der Waals surface area contributed by atoms with Crippen LogP contribution in [0.3, 0.4) is 0 Å². The lowest BCUT2D eigenvalue weighted by molar-refractivity contribution is -0.118. The molecule has 118 valence electrons. The summed E-state index contributed by atoms with van der Waals surface area (Å²) in [4.78, 5) is 12.0. The van der Waals surface area contributed by atoms with Crippen molar-refractivity contribution in [3.63, 3.8) is 0 Å². The molecule has 1 saturated heterocycles. The summed E-state index contributed by atoms with van der Waals surface area (Å²) in [6, 6.07) is 6.44. The number of carbonyl (C=O) groups is 1. The van der Waals surface area contributed by atoms with Crippen LogP contribution in [-0.4, -0.2) is 33.2 Å². The molecular formula is C13H20ClN3O3S. The first kappa shape index (κ1) is 17.7. The number of hydrogen-bond donors (Lipinski definition) is 3. The molecule has 8 heteroatoms. The predicted octanol–water partition coefficient (Wildman–Crippen LogP) is 1.56. The molecule has 1 heterocycles. The standard InChI is InChI=1S/C13H19N3O3S.ClH/c1-20(18,19)16-11-7-5-10(6-8-11)15-13(17)12-4-2-3-9-14-12;/h5-8,12,14,16H,2-4,9H2,1H3,(H,15,17);1H. The summed E-state index contributed by atoms with van der Waals surface area (Å²) in [5.74, 6) is -0.0477. The lowest BCUT2D eigenvalue weighted by Gasteiger charge is -2.22. The largest absolute Gasteiger partial charge is 0.325 e. The molecule has 1 aromatic rings. The molecule has 0 radical (unpaired) electrons. The van der Waals surface area contributed by atoms with E-state index in [1.807, 2.05) is 0 Å². The number of nitrogens with one attached hydrogen (secondary N) is 3. The lowest BCUT2D eigenvalue weighted by Crippen LogP contribution is -2.43. The summed E-state index contributed by atoms with van der Waals surface area (Å²) >= 11 is 0. The number of carbonyl (C=O) groups excluding carboxylic acids is 1. The molecule has 1 amide bonds. The third-order valence-corrected chi connectivity index (χ3v) is 3.69. The quantitative estimate of drug-likeness (QED) is 0.780. The second kappa shape index (κ2) is 7.63. The van der Waals surface area contributed by atoms with Crippen LogP contribution in [0.2, 0.25) is 0 Å². The fraction of sp³-hybridized carbons (Fsp3) is 0.462. The van der Waals surface area contributed by atoms with Crippen LogP contribution in [-0.2, 0) is 14.8 Å². The molecule has 0 aromatic heterocycles. The Hall–Kier alpha value is -1.31. The molecule has 21 heavy (non-hydrogen) atoms. The fourth-order valence-electron chi connectivity index (χ4n) is 2.14. The van der Waals surface area contributed by atoms with Crippen molar-refractivity contribution in [1.82, 2.24) is 5.32 Å². The van der Waals surface area contributed by atoms with E-state index in [-0.39, 0.29) is 24.4 Å². The van der Waals surface area contributed by atoms with E-state index in [1.165, 1.54) is 0 Å². The molecule has 1 unspecified atom stereocenters. The molecule has 1 aliphatic rings. The first-order chi connectivity index (χ1) is 9.44. The number of rotatable bonds is 4. The molecule has 1 fully saturated rings. The maximum Gasteiger partial charge on any atom is 0.241 e. The zero-order chi connectivity index (χ0) is 14.6. The van der Waals surface area contributed by atoms with Crippen LogP contribution >= 0.6 is 12.4 Å². The van der Waals surface area contributed by atoms with E-state index in [1.54, 1.807) is 24.3 Å². The molecule has 1 aromatic carbocycles. The zero-order valence-electron chi connectivity index (χ0n) is 11.8. The van der Waals surface area contributed by atoms with Gasteiger partial charge in [-0.1, -0.05) is 6.42 Å². The highest BCUT2D eigenvalue weighted by atomic mass is 35.5. The van der Waals surface area contributed by atoms with E-state index in [9.17, 15) is 13.2 Å². The number of halogens is 1. The van der Waals surface area contributed by atoms with Crippen molar-refractivity contribution in [2.45, 2.75) is 25.3 Å². The van der Waals surface area contributed by atoms with Gasteiger partial charge in [0.15, 0.2) is 0 Å². The van der Waals surface area contributed by atoms with Gasteiger partial charge in [0.1, 0.15) is 0 Å². The zero-order valence-corrected chi connectivity index (χ0v) is 13.4. The van der Waals surface area contributed by atoms with Gasteiger partial charge in [-0.3, -0.25) is 9.52 Å². The monoisotopic (exact) mass is 333 g/mol. The number of sulfonamides is 1. The predicted molar refractivity (Wildman–Crippen MR) is 86.4 cm³/mol. The molecule has 0 spiro atoms. The van der Waals surface area contributed by atoms with E-state index < -0.39 is 10.0 Å². The van der Waals surface area contributed by atoms with Gasteiger partial charge in [0, 0.05) is 11.4 Å². The van der Waals surface area contributed by atoms with Crippen molar-refractivity contribution < 1.29 is 13.2 Å². The number of benzene rings is 1. The summed E-state index contributed by atoms with van der Waals surface area (Å²) < 4.78 is 24.5. The number of piperidine rings is 1. The molecule has 1 atom stereocenters. The van der Waals surface area contributed by atoms with Crippen molar-refractivity contribution in [3.8, 4) is 0 Å². The van der Waals surface area contributed by atoms with Crippen molar-refractivity contribution in [2.24, 2.45) is 0 Å². The molecule has 6 nitrogen and oxygen atoms in total. The summed E-state index contributed by atoms with van der Waals surface area (Å²) in [5.41, 5.74) is 1.13. The van der Waals surface area contributed by atoms with Gasteiger partial charge in [-0.05, 0) is 43.7 Å². The molecule has 0 saturated carbocycles. The smallest absolute Gasteiger partial charge is 0.241 e. The number of hydrogen-bond acceptors (Lipinski definition) is 4. The Bertz CT molecular complexity index is 569. The van der Waals surface area contributed by atoms with Crippen molar-refractivity contribution in [2.75, 3.05) is 22.8 Å². The molecular weight excluding hydrogens is 314 g/mol. The Labute approximate surface area is 131 Å². The van der Waals surface area contributed by atoms with Crippen LogP contribution in [0.4, 0.5) is 11.4 Å². The highest BCUT2D eigenvalue weighted by Gasteiger charge is 2.20. The highest BCUT2D eigenvalue weighted by Crippen LogP contribution is 2.16. The van der Waals surface area contributed by atoms with Crippen molar-refractivity contribution >= 4 is 39.7 Å². The molecule has 0 aliphatic carbocycles. The topological polar surface area (TPSA) is 87.3 Å². The molecule has 3 N–H and O–H groups in total. The summed E-state index contributed by atoms with van der Waals surface area (Å²) in [6.07, 6.45) is 4.11. The Morgan fingerprint density at radius 2 is 1.81 bits per heavy atom. The van der Waals surface area contributed by atoms with Gasteiger partial charge in [0.25, 0.3) is 0 Å². The maximum absolute atomic E-state index is 12.0. The third kappa shape index (κ3) is 5.91. The Balaban J connectivity index is 0.00000220. The van der Waals surface area contributed by atoms with Crippen LogP contribution in [0.15, 0.2) is 24.3 Å². The van der Waals surface area contributed by atoms with Crippen LogP contribution in [0.1, 0.15) is 19.3 Å². The van der Waals surface area contributed by atoms with Crippen LogP contribution in [0.5, 0.6) is 0 Å². The van der Waals surface area contributed by atoms with Gasteiger partial charge in [0.05, 0.1) is 12.3 Å². The Kier molecular flexibility index (Phi) is 6.44. The minimum absolute atomic E-state index is 0. The van der Waals surface area contributed by atoms with Gasteiger partial charge in [-0.25, -0.2) is 8.42 Å². The second-order valence-electron chi connectivity index (χ2n) is 4.94. The Morgan fingerprint density at radius 1 is 1.19 bits per heavy atom. The lowest BCUT2D eigenvalue weighted by atomic mass is 10.0.